The average Bonchev–Trinajstić information content (AvgIpc) is 2.89. The van der Waals surface area contributed by atoms with Crippen molar-refractivity contribution in [1.29, 1.82) is 0 Å². The van der Waals surface area contributed by atoms with E-state index in [1.807, 2.05) is 6.07 Å². The highest BCUT2D eigenvalue weighted by atomic mass is 79.9. The Kier molecular flexibility index (Phi) is 3.66. The number of halogens is 1. The molecule has 0 saturated carbocycles. The summed E-state index contributed by atoms with van der Waals surface area (Å²) in [5, 5.41) is 7.51. The monoisotopic (exact) mass is 321 g/mol. The molecule has 1 fully saturated rings. The number of benzene rings is 1. The fourth-order valence-electron chi connectivity index (χ4n) is 2.35. The van der Waals surface area contributed by atoms with Crippen molar-refractivity contribution in [2.75, 3.05) is 6.54 Å². The third-order valence-corrected chi connectivity index (χ3v) is 4.07. The highest BCUT2D eigenvalue weighted by molar-refractivity contribution is 9.10. The first-order valence-electron chi connectivity index (χ1n) is 6.57. The number of hydrogen-bond donors (Lipinski definition) is 1. The van der Waals surface area contributed by atoms with Crippen molar-refractivity contribution in [3.05, 3.63) is 34.1 Å². The van der Waals surface area contributed by atoms with Gasteiger partial charge in [-0.1, -0.05) is 33.6 Å². The van der Waals surface area contributed by atoms with Gasteiger partial charge in [0.25, 0.3) is 0 Å². The van der Waals surface area contributed by atoms with Crippen LogP contribution < -0.4 is 5.32 Å². The van der Waals surface area contributed by atoms with Crippen LogP contribution in [0.2, 0.25) is 0 Å². The largest absolute Gasteiger partial charge is 0.337 e. The standard InChI is InChI=1S/C14H16BrN3O/c1-9-5-6-10(11(15)8-9)13-17-14(19-18-13)12-4-2-3-7-16-12/h5-6,8,12,16H,2-4,7H2,1H3/t12-/m0/s1. The van der Waals surface area contributed by atoms with Gasteiger partial charge in [0.2, 0.25) is 11.7 Å². The smallest absolute Gasteiger partial charge is 0.244 e. The number of nitrogens with one attached hydrogen (secondary N) is 1. The van der Waals surface area contributed by atoms with Crippen LogP contribution in [0.4, 0.5) is 0 Å². The van der Waals surface area contributed by atoms with E-state index in [2.05, 4.69) is 50.4 Å². The SMILES string of the molecule is Cc1ccc(-c2noc([C@@H]3CCCCN3)n2)c(Br)c1. The molecule has 2 heterocycles. The number of piperidine rings is 1. The summed E-state index contributed by atoms with van der Waals surface area (Å²) in [6, 6.07) is 6.33. The van der Waals surface area contributed by atoms with E-state index in [1.165, 1.54) is 18.4 Å². The van der Waals surface area contributed by atoms with Gasteiger partial charge in [-0.15, -0.1) is 0 Å². The van der Waals surface area contributed by atoms with Crippen molar-refractivity contribution in [2.45, 2.75) is 32.2 Å². The van der Waals surface area contributed by atoms with Crippen LogP contribution in [0.1, 0.15) is 36.8 Å². The summed E-state index contributed by atoms with van der Waals surface area (Å²) in [6.45, 7) is 3.08. The van der Waals surface area contributed by atoms with Crippen molar-refractivity contribution in [3.8, 4) is 11.4 Å². The van der Waals surface area contributed by atoms with Gasteiger partial charge >= 0.3 is 0 Å². The molecule has 0 amide bonds. The summed E-state index contributed by atoms with van der Waals surface area (Å²) in [7, 11) is 0. The molecule has 1 aromatic heterocycles. The van der Waals surface area contributed by atoms with Gasteiger partial charge in [-0.3, -0.25) is 0 Å². The molecule has 100 valence electrons. The Hall–Kier alpha value is -1.20. The van der Waals surface area contributed by atoms with Crippen molar-refractivity contribution in [3.63, 3.8) is 0 Å². The van der Waals surface area contributed by atoms with Gasteiger partial charge in [-0.2, -0.15) is 4.98 Å². The van der Waals surface area contributed by atoms with Gasteiger partial charge in [-0.25, -0.2) is 0 Å². The van der Waals surface area contributed by atoms with Crippen molar-refractivity contribution in [2.24, 2.45) is 0 Å². The van der Waals surface area contributed by atoms with Crippen LogP contribution in [-0.4, -0.2) is 16.7 Å². The maximum atomic E-state index is 5.40. The molecule has 0 radical (unpaired) electrons. The minimum atomic E-state index is 0.208. The Morgan fingerprint density at radius 2 is 2.26 bits per heavy atom. The zero-order chi connectivity index (χ0) is 13.2. The molecule has 19 heavy (non-hydrogen) atoms. The van der Waals surface area contributed by atoms with Gasteiger partial charge < -0.3 is 9.84 Å². The molecule has 0 spiro atoms. The van der Waals surface area contributed by atoms with Gasteiger partial charge in [0.15, 0.2) is 0 Å². The molecule has 1 atom stereocenters. The molecule has 1 saturated heterocycles. The third kappa shape index (κ3) is 2.72. The van der Waals surface area contributed by atoms with E-state index in [4.69, 9.17) is 4.52 Å². The Balaban J connectivity index is 1.87. The molecule has 2 aromatic rings. The first-order valence-corrected chi connectivity index (χ1v) is 7.37. The predicted octanol–water partition coefficient (Wildman–Crippen LogP) is 3.62. The van der Waals surface area contributed by atoms with Crippen LogP contribution in [0.25, 0.3) is 11.4 Å². The Morgan fingerprint density at radius 1 is 1.37 bits per heavy atom. The van der Waals surface area contributed by atoms with Crippen LogP contribution in [-0.2, 0) is 0 Å². The Labute approximate surface area is 120 Å². The number of aryl methyl sites for hydroxylation is 1. The van der Waals surface area contributed by atoms with Crippen LogP contribution in [0, 0.1) is 6.92 Å². The topological polar surface area (TPSA) is 51.0 Å². The van der Waals surface area contributed by atoms with Gasteiger partial charge in [0.1, 0.15) is 0 Å². The summed E-state index contributed by atoms with van der Waals surface area (Å²) in [5.41, 5.74) is 2.17. The fraction of sp³-hybridized carbons (Fsp3) is 0.429. The maximum Gasteiger partial charge on any atom is 0.244 e. The van der Waals surface area contributed by atoms with E-state index < -0.39 is 0 Å². The third-order valence-electron chi connectivity index (χ3n) is 3.42. The lowest BCUT2D eigenvalue weighted by atomic mass is 10.1. The molecular weight excluding hydrogens is 306 g/mol. The van der Waals surface area contributed by atoms with Crippen molar-refractivity contribution < 1.29 is 4.52 Å². The normalized spacial score (nSPS) is 19.6. The zero-order valence-electron chi connectivity index (χ0n) is 10.8. The number of aromatic nitrogens is 2. The number of nitrogens with zero attached hydrogens (tertiary/aromatic N) is 2. The van der Waals surface area contributed by atoms with Gasteiger partial charge in [-0.05, 0) is 44.0 Å². The second-order valence-corrected chi connectivity index (χ2v) is 5.80. The molecule has 3 rings (SSSR count). The molecule has 0 unspecified atom stereocenters. The van der Waals surface area contributed by atoms with Crippen molar-refractivity contribution >= 4 is 15.9 Å². The van der Waals surface area contributed by atoms with E-state index in [-0.39, 0.29) is 6.04 Å². The van der Waals surface area contributed by atoms with E-state index in [0.717, 1.165) is 23.0 Å². The number of rotatable bonds is 2. The zero-order valence-corrected chi connectivity index (χ0v) is 12.4. The molecule has 1 aliphatic heterocycles. The predicted molar refractivity (Wildman–Crippen MR) is 76.8 cm³/mol. The molecule has 5 heteroatoms. The first-order chi connectivity index (χ1) is 9.24. The van der Waals surface area contributed by atoms with Crippen molar-refractivity contribution in [1.82, 2.24) is 15.5 Å². The lowest BCUT2D eigenvalue weighted by Gasteiger charge is -2.19. The fourth-order valence-corrected chi connectivity index (χ4v) is 3.02. The van der Waals surface area contributed by atoms with Gasteiger partial charge in [0.05, 0.1) is 6.04 Å². The summed E-state index contributed by atoms with van der Waals surface area (Å²) in [4.78, 5) is 4.52. The minimum Gasteiger partial charge on any atom is -0.337 e. The molecule has 1 aromatic carbocycles. The van der Waals surface area contributed by atoms with Crippen LogP contribution in [0.5, 0.6) is 0 Å². The summed E-state index contributed by atoms with van der Waals surface area (Å²) < 4.78 is 6.40. The molecule has 1 N–H and O–H groups in total. The highest BCUT2D eigenvalue weighted by Gasteiger charge is 2.21. The van der Waals surface area contributed by atoms with E-state index in [1.54, 1.807) is 0 Å². The van der Waals surface area contributed by atoms with Crippen LogP contribution in [0.3, 0.4) is 0 Å². The molecule has 4 nitrogen and oxygen atoms in total. The average molecular weight is 322 g/mol. The molecule has 0 aliphatic carbocycles. The molecular formula is C14H16BrN3O. The summed E-state index contributed by atoms with van der Waals surface area (Å²) in [6.07, 6.45) is 3.50. The quantitative estimate of drug-likeness (QED) is 0.917. The summed E-state index contributed by atoms with van der Waals surface area (Å²) >= 11 is 3.55. The molecule has 0 bridgehead atoms. The van der Waals surface area contributed by atoms with Crippen LogP contribution in [0.15, 0.2) is 27.2 Å². The maximum absolute atomic E-state index is 5.40. The number of hydrogen-bond acceptors (Lipinski definition) is 4. The van der Waals surface area contributed by atoms with Gasteiger partial charge in [0, 0.05) is 10.0 Å². The molecule has 1 aliphatic rings. The lowest BCUT2D eigenvalue weighted by Crippen LogP contribution is -2.26. The van der Waals surface area contributed by atoms with E-state index in [9.17, 15) is 0 Å². The summed E-state index contributed by atoms with van der Waals surface area (Å²) in [5.74, 6) is 1.34. The Bertz CT molecular complexity index is 576. The van der Waals surface area contributed by atoms with E-state index in [0.29, 0.717) is 11.7 Å². The van der Waals surface area contributed by atoms with Crippen LogP contribution >= 0.6 is 15.9 Å². The Morgan fingerprint density at radius 3 is 3.00 bits per heavy atom. The minimum absolute atomic E-state index is 0.208. The van der Waals surface area contributed by atoms with E-state index >= 15 is 0 Å². The first kappa shape index (κ1) is 12.8. The highest BCUT2D eigenvalue weighted by Crippen LogP contribution is 2.29. The lowest BCUT2D eigenvalue weighted by molar-refractivity contribution is 0.297. The second kappa shape index (κ2) is 5.43. The second-order valence-electron chi connectivity index (χ2n) is 4.94.